The van der Waals surface area contributed by atoms with E-state index in [9.17, 15) is 18.0 Å². The predicted molar refractivity (Wildman–Crippen MR) is 111 cm³/mol. The third-order valence-electron chi connectivity index (χ3n) is 5.70. The van der Waals surface area contributed by atoms with Crippen molar-refractivity contribution in [1.82, 2.24) is 13.4 Å². The second kappa shape index (κ2) is 6.96. The Labute approximate surface area is 168 Å². The zero-order valence-corrected chi connectivity index (χ0v) is 17.4. The zero-order valence-electron chi connectivity index (χ0n) is 16.6. The van der Waals surface area contributed by atoms with Crippen molar-refractivity contribution in [2.45, 2.75) is 30.7 Å². The molecule has 1 aliphatic heterocycles. The second-order valence-corrected chi connectivity index (χ2v) is 9.46. The summed E-state index contributed by atoms with van der Waals surface area (Å²) in [5.74, 6) is 0. The molecule has 152 valence electrons. The first-order valence-corrected chi connectivity index (χ1v) is 10.9. The number of hydrogen-bond acceptors (Lipinski definition) is 4. The molecular weight excluding hydrogens is 390 g/mol. The first-order chi connectivity index (χ1) is 13.7. The third kappa shape index (κ3) is 3.12. The Bertz CT molecular complexity index is 1340. The molecule has 7 nitrogen and oxygen atoms in total. The minimum absolute atomic E-state index is 0.123. The summed E-state index contributed by atoms with van der Waals surface area (Å²) >= 11 is 0. The molecule has 4 rings (SSSR count). The standard InChI is InChI=1S/C21H23N3O4S/c1-14-6-4-7-15(12-14)17-8-5-11-24(17)29(27,28)16-9-10-18-19(13-16)23(3)21(26)20(25)22(18)2/h4,6-7,9-10,12-13,17H,5,8,11H2,1-3H3. The fourth-order valence-corrected chi connectivity index (χ4v) is 5.80. The molecule has 0 spiro atoms. The minimum Gasteiger partial charge on any atom is -0.305 e. The summed E-state index contributed by atoms with van der Waals surface area (Å²) in [5, 5.41) is 0. The number of sulfonamides is 1. The van der Waals surface area contributed by atoms with Crippen molar-refractivity contribution in [3.8, 4) is 0 Å². The average molecular weight is 413 g/mol. The van der Waals surface area contributed by atoms with Crippen LogP contribution in [0.25, 0.3) is 11.0 Å². The zero-order chi connectivity index (χ0) is 20.9. The van der Waals surface area contributed by atoms with E-state index in [0.29, 0.717) is 17.6 Å². The van der Waals surface area contributed by atoms with Gasteiger partial charge in [0.2, 0.25) is 10.0 Å². The van der Waals surface area contributed by atoms with Gasteiger partial charge in [-0.1, -0.05) is 29.8 Å². The predicted octanol–water partition coefficient (Wildman–Crippen LogP) is 2.07. The monoisotopic (exact) mass is 413 g/mol. The molecule has 0 N–H and O–H groups in total. The van der Waals surface area contributed by atoms with E-state index in [0.717, 1.165) is 24.0 Å². The first-order valence-electron chi connectivity index (χ1n) is 9.50. The van der Waals surface area contributed by atoms with Gasteiger partial charge >= 0.3 is 11.1 Å². The summed E-state index contributed by atoms with van der Waals surface area (Å²) in [4.78, 5) is 24.3. The largest absolute Gasteiger partial charge is 0.316 e. The van der Waals surface area contributed by atoms with E-state index in [1.54, 1.807) is 10.4 Å². The average Bonchev–Trinajstić information content (AvgIpc) is 3.21. The number of rotatable bonds is 3. The second-order valence-electron chi connectivity index (χ2n) is 7.57. The van der Waals surface area contributed by atoms with Crippen molar-refractivity contribution in [3.05, 3.63) is 74.3 Å². The molecule has 2 heterocycles. The van der Waals surface area contributed by atoms with E-state index in [2.05, 4.69) is 0 Å². The van der Waals surface area contributed by atoms with Crippen LogP contribution in [0.15, 0.2) is 56.9 Å². The van der Waals surface area contributed by atoms with Crippen LogP contribution >= 0.6 is 0 Å². The number of hydrogen-bond donors (Lipinski definition) is 0. The molecule has 29 heavy (non-hydrogen) atoms. The van der Waals surface area contributed by atoms with Crippen LogP contribution in [0.3, 0.4) is 0 Å². The molecule has 1 fully saturated rings. The lowest BCUT2D eigenvalue weighted by atomic mass is 10.0. The summed E-state index contributed by atoms with van der Waals surface area (Å²) in [7, 11) is -0.774. The van der Waals surface area contributed by atoms with Crippen LogP contribution in [-0.2, 0) is 24.1 Å². The van der Waals surface area contributed by atoms with Gasteiger partial charge in [0.25, 0.3) is 0 Å². The van der Waals surface area contributed by atoms with Crippen LogP contribution < -0.4 is 11.1 Å². The van der Waals surface area contributed by atoms with Crippen molar-refractivity contribution in [2.75, 3.05) is 6.54 Å². The summed E-state index contributed by atoms with van der Waals surface area (Å²) in [6, 6.07) is 12.3. The normalized spacial score (nSPS) is 17.8. The van der Waals surface area contributed by atoms with Crippen molar-refractivity contribution < 1.29 is 8.42 Å². The molecule has 1 unspecified atom stereocenters. The highest BCUT2D eigenvalue weighted by Crippen LogP contribution is 2.37. The number of aromatic nitrogens is 2. The van der Waals surface area contributed by atoms with Gasteiger partial charge in [-0.25, -0.2) is 8.42 Å². The van der Waals surface area contributed by atoms with Gasteiger partial charge in [-0.3, -0.25) is 9.59 Å². The third-order valence-corrected chi connectivity index (χ3v) is 7.60. The number of benzene rings is 2. The van der Waals surface area contributed by atoms with Crippen molar-refractivity contribution >= 4 is 21.1 Å². The molecule has 2 aromatic carbocycles. The molecule has 1 atom stereocenters. The van der Waals surface area contributed by atoms with Gasteiger partial charge in [-0.05, 0) is 43.5 Å². The topological polar surface area (TPSA) is 81.4 Å². The first kappa shape index (κ1) is 19.6. The lowest BCUT2D eigenvalue weighted by molar-refractivity contribution is 0.396. The number of fused-ring (bicyclic) bond motifs is 1. The van der Waals surface area contributed by atoms with Crippen LogP contribution in [0.5, 0.6) is 0 Å². The molecule has 1 saturated heterocycles. The molecule has 8 heteroatoms. The Hall–Kier alpha value is -2.71. The highest BCUT2D eigenvalue weighted by Gasteiger charge is 2.36. The Morgan fingerprint density at radius 2 is 1.62 bits per heavy atom. The fourth-order valence-electron chi connectivity index (χ4n) is 4.10. The molecular formula is C21H23N3O4S. The smallest absolute Gasteiger partial charge is 0.305 e. The van der Waals surface area contributed by atoms with Gasteiger partial charge in [0.05, 0.1) is 22.0 Å². The lowest BCUT2D eigenvalue weighted by Crippen LogP contribution is -2.39. The SMILES string of the molecule is Cc1cccc(C2CCCN2S(=O)(=O)c2ccc3c(c2)n(C)c(=O)c(=O)n3C)c1. The molecule has 0 bridgehead atoms. The van der Waals surface area contributed by atoms with Gasteiger partial charge in [-0.2, -0.15) is 4.31 Å². The van der Waals surface area contributed by atoms with Crippen molar-refractivity contribution in [3.63, 3.8) is 0 Å². The van der Waals surface area contributed by atoms with Crippen LogP contribution in [0.1, 0.15) is 30.0 Å². The summed E-state index contributed by atoms with van der Waals surface area (Å²) in [6.45, 7) is 2.44. The molecule has 1 aliphatic rings. The van der Waals surface area contributed by atoms with Gasteiger partial charge in [-0.15, -0.1) is 0 Å². The summed E-state index contributed by atoms with van der Waals surface area (Å²) in [6.07, 6.45) is 1.56. The quantitative estimate of drug-likeness (QED) is 0.616. The minimum atomic E-state index is -3.76. The number of aryl methyl sites for hydroxylation is 3. The van der Waals surface area contributed by atoms with E-state index in [1.165, 1.54) is 35.4 Å². The molecule has 0 aliphatic carbocycles. The van der Waals surface area contributed by atoms with Crippen LogP contribution in [0.2, 0.25) is 0 Å². The summed E-state index contributed by atoms with van der Waals surface area (Å²) in [5.41, 5.74) is 1.66. The van der Waals surface area contributed by atoms with E-state index >= 15 is 0 Å². The van der Waals surface area contributed by atoms with Gasteiger partial charge in [0, 0.05) is 20.6 Å². The van der Waals surface area contributed by atoms with E-state index in [-0.39, 0.29) is 10.9 Å². The maximum absolute atomic E-state index is 13.5. The molecule has 0 saturated carbocycles. The highest BCUT2D eigenvalue weighted by atomic mass is 32.2. The lowest BCUT2D eigenvalue weighted by Gasteiger charge is -2.25. The summed E-state index contributed by atoms with van der Waals surface area (Å²) < 4.78 is 30.9. The maximum atomic E-state index is 13.5. The van der Waals surface area contributed by atoms with Crippen LogP contribution in [-0.4, -0.2) is 28.4 Å². The van der Waals surface area contributed by atoms with E-state index < -0.39 is 21.1 Å². The Kier molecular flexibility index (Phi) is 4.71. The fraction of sp³-hybridized carbons (Fsp3) is 0.333. The van der Waals surface area contributed by atoms with Crippen molar-refractivity contribution in [1.29, 1.82) is 0 Å². The Morgan fingerprint density at radius 1 is 0.931 bits per heavy atom. The van der Waals surface area contributed by atoms with Crippen LogP contribution in [0.4, 0.5) is 0 Å². The highest BCUT2D eigenvalue weighted by molar-refractivity contribution is 7.89. The number of nitrogens with zero attached hydrogens (tertiary/aromatic N) is 3. The molecule has 1 aromatic heterocycles. The Morgan fingerprint density at radius 3 is 2.31 bits per heavy atom. The van der Waals surface area contributed by atoms with Gasteiger partial charge < -0.3 is 9.13 Å². The maximum Gasteiger partial charge on any atom is 0.316 e. The molecule has 0 amide bonds. The molecule has 0 radical (unpaired) electrons. The van der Waals surface area contributed by atoms with E-state index in [4.69, 9.17) is 0 Å². The van der Waals surface area contributed by atoms with Crippen LogP contribution in [0, 0.1) is 6.92 Å². The van der Waals surface area contributed by atoms with Gasteiger partial charge in [0.15, 0.2) is 0 Å². The van der Waals surface area contributed by atoms with E-state index in [1.807, 2.05) is 31.2 Å². The van der Waals surface area contributed by atoms with Crippen molar-refractivity contribution in [2.24, 2.45) is 14.1 Å². The Balaban J connectivity index is 1.84. The van der Waals surface area contributed by atoms with Gasteiger partial charge in [0.1, 0.15) is 0 Å². The molecule has 3 aromatic rings.